The van der Waals surface area contributed by atoms with Crippen molar-refractivity contribution in [3.63, 3.8) is 0 Å². The molecule has 0 spiro atoms. The van der Waals surface area contributed by atoms with Crippen LogP contribution in [0.3, 0.4) is 0 Å². The van der Waals surface area contributed by atoms with Crippen LogP contribution >= 0.6 is 23.1 Å². The minimum Gasteiger partial charge on any atom is -0.358 e. The second-order valence-corrected chi connectivity index (χ2v) is 8.18. The molecule has 2 N–H and O–H groups in total. The molecule has 1 heterocycles. The molecule has 0 bridgehead atoms. The Labute approximate surface area is 155 Å². The number of anilines is 1. The second kappa shape index (κ2) is 8.49. The molecule has 1 fully saturated rings. The molecule has 2 amide bonds. The third-order valence-electron chi connectivity index (χ3n) is 4.22. The molecule has 132 valence electrons. The van der Waals surface area contributed by atoms with Gasteiger partial charge < -0.3 is 10.6 Å². The van der Waals surface area contributed by atoms with Gasteiger partial charge in [0.25, 0.3) is 0 Å². The van der Waals surface area contributed by atoms with Gasteiger partial charge in [-0.25, -0.2) is 4.98 Å². The van der Waals surface area contributed by atoms with Gasteiger partial charge in [0.1, 0.15) is 10.7 Å². The predicted molar refractivity (Wildman–Crippen MR) is 103 cm³/mol. The number of nitrogens with one attached hydrogen (secondary N) is 2. The van der Waals surface area contributed by atoms with Gasteiger partial charge in [-0.2, -0.15) is 0 Å². The first kappa shape index (κ1) is 17.9. The molecular weight excluding hydrogens is 354 g/mol. The van der Waals surface area contributed by atoms with Gasteiger partial charge in [0.05, 0.1) is 5.75 Å². The Balaban J connectivity index is 1.82. The van der Waals surface area contributed by atoms with Crippen molar-refractivity contribution in [1.82, 2.24) is 10.3 Å². The third-order valence-corrected chi connectivity index (χ3v) is 6.34. The maximum absolute atomic E-state index is 12.5. The fourth-order valence-corrected chi connectivity index (χ4v) is 4.78. The van der Waals surface area contributed by atoms with Crippen LogP contribution in [0.2, 0.25) is 0 Å². The van der Waals surface area contributed by atoms with Gasteiger partial charge in [-0.15, -0.1) is 0 Å². The molecule has 1 aromatic carbocycles. The van der Waals surface area contributed by atoms with Gasteiger partial charge in [0, 0.05) is 18.5 Å². The number of thiazole rings is 1. The van der Waals surface area contributed by atoms with E-state index in [2.05, 4.69) is 15.6 Å². The minimum atomic E-state index is -0.0435. The van der Waals surface area contributed by atoms with E-state index in [1.807, 2.05) is 30.3 Å². The number of hydrogen-bond acceptors (Lipinski definition) is 5. The lowest BCUT2D eigenvalue weighted by Crippen LogP contribution is -2.20. The lowest BCUT2D eigenvalue weighted by molar-refractivity contribution is -0.120. The van der Waals surface area contributed by atoms with Gasteiger partial charge in [-0.05, 0) is 12.8 Å². The maximum Gasteiger partial charge on any atom is 0.230 e. The molecular formula is C18H21N3O2S2. The zero-order valence-corrected chi connectivity index (χ0v) is 15.7. The maximum atomic E-state index is 12.5. The number of carbonyl (C=O) groups is 2. The van der Waals surface area contributed by atoms with E-state index in [0.717, 1.165) is 46.3 Å². The molecule has 25 heavy (non-hydrogen) atoms. The van der Waals surface area contributed by atoms with E-state index < -0.39 is 0 Å². The van der Waals surface area contributed by atoms with Crippen molar-refractivity contribution in [1.29, 1.82) is 0 Å². The van der Waals surface area contributed by atoms with Gasteiger partial charge >= 0.3 is 0 Å². The summed E-state index contributed by atoms with van der Waals surface area (Å²) < 4.78 is 0.782. The van der Waals surface area contributed by atoms with E-state index in [-0.39, 0.29) is 17.7 Å². The number of amides is 2. The van der Waals surface area contributed by atoms with Crippen molar-refractivity contribution in [2.24, 2.45) is 5.92 Å². The van der Waals surface area contributed by atoms with Crippen molar-refractivity contribution in [2.45, 2.75) is 30.0 Å². The van der Waals surface area contributed by atoms with Crippen LogP contribution in [-0.2, 0) is 9.59 Å². The molecule has 0 unspecified atom stereocenters. The largest absolute Gasteiger partial charge is 0.358 e. The highest BCUT2D eigenvalue weighted by molar-refractivity contribution is 8.01. The fourth-order valence-electron chi connectivity index (χ4n) is 2.84. The zero-order valence-electron chi connectivity index (χ0n) is 14.1. The lowest BCUT2D eigenvalue weighted by Gasteiger charge is -2.09. The van der Waals surface area contributed by atoms with Gasteiger partial charge in [-0.1, -0.05) is 66.3 Å². The molecule has 1 saturated carbocycles. The molecule has 0 atom stereocenters. The van der Waals surface area contributed by atoms with Crippen LogP contribution in [-0.4, -0.2) is 29.6 Å². The Hall–Kier alpha value is -1.86. The summed E-state index contributed by atoms with van der Waals surface area (Å²) >= 11 is 2.82. The minimum absolute atomic E-state index is 0.0435. The van der Waals surface area contributed by atoms with Crippen LogP contribution in [0.15, 0.2) is 34.7 Å². The fraction of sp³-hybridized carbons (Fsp3) is 0.389. The molecule has 3 rings (SSSR count). The van der Waals surface area contributed by atoms with Gasteiger partial charge in [0.15, 0.2) is 4.34 Å². The molecule has 7 heteroatoms. The number of aromatic nitrogens is 1. The van der Waals surface area contributed by atoms with Crippen LogP contribution in [0.25, 0.3) is 11.3 Å². The summed E-state index contributed by atoms with van der Waals surface area (Å²) in [6, 6.07) is 9.82. The Morgan fingerprint density at radius 2 is 1.96 bits per heavy atom. The van der Waals surface area contributed by atoms with Crippen molar-refractivity contribution >= 4 is 39.9 Å². The summed E-state index contributed by atoms with van der Waals surface area (Å²) in [4.78, 5) is 28.6. The lowest BCUT2D eigenvalue weighted by atomic mass is 10.1. The van der Waals surface area contributed by atoms with Crippen molar-refractivity contribution in [3.05, 3.63) is 30.3 Å². The SMILES string of the molecule is CNC(=O)CSc1nc(-c2ccccc2)c(NC(=O)C2CCCC2)s1. The average Bonchev–Trinajstić information content (AvgIpc) is 3.30. The quantitative estimate of drug-likeness (QED) is 0.754. The molecule has 0 radical (unpaired) electrons. The Bertz CT molecular complexity index is 740. The first-order valence-corrected chi connectivity index (χ1v) is 10.2. The number of thioether (sulfide) groups is 1. The highest BCUT2D eigenvalue weighted by atomic mass is 32.2. The summed E-state index contributed by atoms with van der Waals surface area (Å²) in [5.74, 6) is 0.459. The summed E-state index contributed by atoms with van der Waals surface area (Å²) in [6.07, 6.45) is 4.17. The molecule has 1 aromatic heterocycles. The second-order valence-electron chi connectivity index (χ2n) is 5.96. The van der Waals surface area contributed by atoms with Crippen LogP contribution in [0.4, 0.5) is 5.00 Å². The smallest absolute Gasteiger partial charge is 0.230 e. The van der Waals surface area contributed by atoms with Crippen LogP contribution in [0.1, 0.15) is 25.7 Å². The van der Waals surface area contributed by atoms with Gasteiger partial charge in [0.2, 0.25) is 11.8 Å². The van der Waals surface area contributed by atoms with E-state index >= 15 is 0 Å². The van der Waals surface area contributed by atoms with Crippen LogP contribution < -0.4 is 10.6 Å². The molecule has 2 aromatic rings. The summed E-state index contributed by atoms with van der Waals surface area (Å²) in [5, 5.41) is 6.45. The van der Waals surface area contributed by atoms with Crippen molar-refractivity contribution in [2.75, 3.05) is 18.1 Å². The van der Waals surface area contributed by atoms with E-state index in [1.165, 1.54) is 23.1 Å². The molecule has 1 aliphatic rings. The average molecular weight is 376 g/mol. The Kier molecular flexibility index (Phi) is 6.09. The summed E-state index contributed by atoms with van der Waals surface area (Å²) in [7, 11) is 1.62. The standard InChI is InChI=1S/C18H21N3O2S2/c1-19-14(22)11-24-18-20-15(12-7-3-2-4-8-12)17(25-18)21-16(23)13-9-5-6-10-13/h2-4,7-8,13H,5-6,9-11H2,1H3,(H,19,22)(H,21,23). The number of hydrogen-bond donors (Lipinski definition) is 2. The van der Waals surface area contributed by atoms with E-state index in [0.29, 0.717) is 5.75 Å². The highest BCUT2D eigenvalue weighted by Crippen LogP contribution is 2.38. The summed E-state index contributed by atoms with van der Waals surface area (Å²) in [6.45, 7) is 0. The number of rotatable bonds is 6. The van der Waals surface area contributed by atoms with Crippen molar-refractivity contribution in [3.8, 4) is 11.3 Å². The first-order chi connectivity index (χ1) is 12.2. The Morgan fingerprint density at radius 1 is 1.24 bits per heavy atom. The van der Waals surface area contributed by atoms with Crippen molar-refractivity contribution < 1.29 is 9.59 Å². The predicted octanol–water partition coefficient (Wildman–Crippen LogP) is 3.78. The molecule has 0 saturated heterocycles. The normalized spacial score (nSPS) is 14.4. The number of carbonyl (C=O) groups excluding carboxylic acids is 2. The number of nitrogens with zero attached hydrogens (tertiary/aromatic N) is 1. The zero-order chi connectivity index (χ0) is 17.6. The first-order valence-electron chi connectivity index (χ1n) is 8.38. The van der Waals surface area contributed by atoms with E-state index in [1.54, 1.807) is 7.05 Å². The third kappa shape index (κ3) is 4.61. The van der Waals surface area contributed by atoms with Crippen LogP contribution in [0.5, 0.6) is 0 Å². The number of benzene rings is 1. The van der Waals surface area contributed by atoms with E-state index in [9.17, 15) is 9.59 Å². The van der Waals surface area contributed by atoms with Gasteiger partial charge in [-0.3, -0.25) is 9.59 Å². The topological polar surface area (TPSA) is 71.1 Å². The van der Waals surface area contributed by atoms with Crippen LogP contribution in [0, 0.1) is 5.92 Å². The summed E-state index contributed by atoms with van der Waals surface area (Å²) in [5.41, 5.74) is 1.74. The van der Waals surface area contributed by atoms with E-state index in [4.69, 9.17) is 0 Å². The Morgan fingerprint density at radius 3 is 2.64 bits per heavy atom. The monoisotopic (exact) mass is 375 g/mol. The molecule has 0 aliphatic heterocycles. The molecule has 1 aliphatic carbocycles. The highest BCUT2D eigenvalue weighted by Gasteiger charge is 2.25. The molecule has 5 nitrogen and oxygen atoms in total.